The average molecular weight is 333 g/mol. The van der Waals surface area contributed by atoms with Gasteiger partial charge in [0, 0.05) is 24.5 Å². The predicted octanol–water partition coefficient (Wildman–Crippen LogP) is 3.49. The van der Waals surface area contributed by atoms with E-state index in [1.165, 1.54) is 0 Å². The maximum absolute atomic E-state index is 8.87. The molecule has 0 aliphatic carbocycles. The number of rotatable bonds is 6. The summed E-state index contributed by atoms with van der Waals surface area (Å²) < 4.78 is 5.47. The molecule has 2 heterocycles. The number of hydrogen-bond acceptors (Lipinski definition) is 6. The Labute approximate surface area is 146 Å². The van der Waals surface area contributed by atoms with Crippen molar-refractivity contribution in [3.8, 4) is 17.5 Å². The zero-order valence-corrected chi connectivity index (χ0v) is 14.2. The van der Waals surface area contributed by atoms with Gasteiger partial charge in [0.15, 0.2) is 0 Å². The average Bonchev–Trinajstić information content (AvgIpc) is 3.13. The van der Waals surface area contributed by atoms with Crippen molar-refractivity contribution in [1.29, 1.82) is 5.26 Å². The molecule has 1 aromatic carbocycles. The lowest BCUT2D eigenvalue weighted by Crippen LogP contribution is -2.25. The number of pyridine rings is 1. The van der Waals surface area contributed by atoms with E-state index in [1.54, 1.807) is 12.4 Å². The second-order valence-electron chi connectivity index (χ2n) is 6.11. The van der Waals surface area contributed by atoms with Crippen LogP contribution >= 0.6 is 0 Å². The fourth-order valence-corrected chi connectivity index (χ4v) is 2.51. The maximum atomic E-state index is 8.87. The van der Waals surface area contributed by atoms with Gasteiger partial charge in [-0.3, -0.25) is 4.98 Å². The van der Waals surface area contributed by atoms with E-state index >= 15 is 0 Å². The summed E-state index contributed by atoms with van der Waals surface area (Å²) in [5.41, 5.74) is 2.57. The Morgan fingerprint density at radius 3 is 2.64 bits per heavy atom. The van der Waals surface area contributed by atoms with Crippen molar-refractivity contribution in [2.45, 2.75) is 26.4 Å². The molecule has 3 rings (SSSR count). The maximum Gasteiger partial charge on any atom is 0.244 e. The Hall–Kier alpha value is -3.04. The fourth-order valence-electron chi connectivity index (χ4n) is 2.51. The summed E-state index contributed by atoms with van der Waals surface area (Å²) in [6.07, 6.45) is 3.42. The number of nitrogens with one attached hydrogen (secondary N) is 1. The SMILES string of the molecule is CC(C)C(NCc1ccc(C#N)cc1)c1nc(-c2cccnc2)no1. The Morgan fingerprint density at radius 1 is 1.20 bits per heavy atom. The van der Waals surface area contributed by atoms with Gasteiger partial charge in [-0.15, -0.1) is 0 Å². The van der Waals surface area contributed by atoms with Crippen LogP contribution in [0, 0.1) is 17.2 Å². The van der Waals surface area contributed by atoms with Gasteiger partial charge in [0.25, 0.3) is 0 Å². The molecule has 0 saturated heterocycles. The van der Waals surface area contributed by atoms with Gasteiger partial charge >= 0.3 is 0 Å². The summed E-state index contributed by atoms with van der Waals surface area (Å²) >= 11 is 0. The second kappa shape index (κ2) is 7.69. The second-order valence-corrected chi connectivity index (χ2v) is 6.11. The minimum absolute atomic E-state index is 0.0615. The van der Waals surface area contributed by atoms with Crippen LogP contribution in [0.4, 0.5) is 0 Å². The zero-order valence-electron chi connectivity index (χ0n) is 14.2. The molecule has 1 unspecified atom stereocenters. The summed E-state index contributed by atoms with van der Waals surface area (Å²) in [6, 6.07) is 13.3. The largest absolute Gasteiger partial charge is 0.337 e. The van der Waals surface area contributed by atoms with Crippen LogP contribution in [0.3, 0.4) is 0 Å². The molecule has 1 atom stereocenters. The van der Waals surface area contributed by atoms with E-state index in [2.05, 4.69) is 40.4 Å². The number of nitriles is 1. The van der Waals surface area contributed by atoms with Crippen LogP contribution in [0.1, 0.15) is 36.9 Å². The standard InChI is InChI=1S/C19H19N5O/c1-13(2)17(22-11-15-7-5-14(10-20)6-8-15)19-23-18(24-25-19)16-4-3-9-21-12-16/h3-9,12-13,17,22H,11H2,1-2H3. The zero-order chi connectivity index (χ0) is 17.6. The highest BCUT2D eigenvalue weighted by molar-refractivity contribution is 5.51. The quantitative estimate of drug-likeness (QED) is 0.743. The lowest BCUT2D eigenvalue weighted by Gasteiger charge is -2.18. The third-order valence-electron chi connectivity index (χ3n) is 3.90. The lowest BCUT2D eigenvalue weighted by molar-refractivity contribution is 0.288. The van der Waals surface area contributed by atoms with Crippen LogP contribution in [-0.2, 0) is 6.54 Å². The molecule has 0 spiro atoms. The molecule has 3 aromatic rings. The molecule has 6 nitrogen and oxygen atoms in total. The van der Waals surface area contributed by atoms with Crippen molar-refractivity contribution in [1.82, 2.24) is 20.4 Å². The highest BCUT2D eigenvalue weighted by atomic mass is 16.5. The molecule has 2 aromatic heterocycles. The first kappa shape index (κ1) is 16.8. The molecule has 0 bridgehead atoms. The van der Waals surface area contributed by atoms with E-state index in [0.29, 0.717) is 23.8 Å². The van der Waals surface area contributed by atoms with Crippen LogP contribution in [0.25, 0.3) is 11.4 Å². The minimum Gasteiger partial charge on any atom is -0.337 e. The first-order valence-electron chi connectivity index (χ1n) is 8.14. The number of aromatic nitrogens is 3. The summed E-state index contributed by atoms with van der Waals surface area (Å²) in [4.78, 5) is 8.60. The molecule has 1 N–H and O–H groups in total. The van der Waals surface area contributed by atoms with E-state index < -0.39 is 0 Å². The normalized spacial score (nSPS) is 12.1. The Bertz CT molecular complexity index is 850. The van der Waals surface area contributed by atoms with E-state index in [0.717, 1.165) is 11.1 Å². The molecule has 0 radical (unpaired) electrons. The smallest absolute Gasteiger partial charge is 0.244 e. The molecule has 6 heteroatoms. The molecule has 25 heavy (non-hydrogen) atoms. The summed E-state index contributed by atoms with van der Waals surface area (Å²) in [5.74, 6) is 1.37. The first-order valence-corrected chi connectivity index (χ1v) is 8.14. The van der Waals surface area contributed by atoms with Crippen molar-refractivity contribution in [2.75, 3.05) is 0 Å². The van der Waals surface area contributed by atoms with Gasteiger partial charge in [0.05, 0.1) is 17.7 Å². The van der Waals surface area contributed by atoms with Crippen LogP contribution in [-0.4, -0.2) is 15.1 Å². The van der Waals surface area contributed by atoms with E-state index in [-0.39, 0.29) is 12.0 Å². The van der Waals surface area contributed by atoms with Crippen molar-refractivity contribution < 1.29 is 4.52 Å². The Morgan fingerprint density at radius 2 is 2.00 bits per heavy atom. The number of benzene rings is 1. The van der Waals surface area contributed by atoms with Crippen LogP contribution in [0.2, 0.25) is 0 Å². The first-order chi connectivity index (χ1) is 12.2. The van der Waals surface area contributed by atoms with Crippen molar-refractivity contribution in [2.24, 2.45) is 5.92 Å². The Balaban J connectivity index is 1.73. The third-order valence-corrected chi connectivity index (χ3v) is 3.90. The third kappa shape index (κ3) is 4.08. The molecular formula is C19H19N5O. The van der Waals surface area contributed by atoms with E-state index in [1.807, 2.05) is 36.4 Å². The highest BCUT2D eigenvalue weighted by Gasteiger charge is 2.22. The van der Waals surface area contributed by atoms with Crippen LogP contribution in [0.5, 0.6) is 0 Å². The topological polar surface area (TPSA) is 87.6 Å². The fraction of sp³-hybridized carbons (Fsp3) is 0.263. The molecule has 0 aliphatic heterocycles. The van der Waals surface area contributed by atoms with Gasteiger partial charge in [-0.05, 0) is 35.7 Å². The molecule has 126 valence electrons. The van der Waals surface area contributed by atoms with Gasteiger partial charge < -0.3 is 9.84 Å². The molecule has 0 fully saturated rings. The predicted molar refractivity (Wildman–Crippen MR) is 93.1 cm³/mol. The summed E-state index contributed by atoms with van der Waals surface area (Å²) in [6.45, 7) is 4.86. The molecule has 0 saturated carbocycles. The van der Waals surface area contributed by atoms with E-state index in [4.69, 9.17) is 9.78 Å². The lowest BCUT2D eigenvalue weighted by atomic mass is 10.0. The van der Waals surface area contributed by atoms with Gasteiger partial charge in [0.1, 0.15) is 0 Å². The molecule has 0 amide bonds. The van der Waals surface area contributed by atoms with E-state index in [9.17, 15) is 0 Å². The minimum atomic E-state index is -0.0615. The summed E-state index contributed by atoms with van der Waals surface area (Å²) in [5, 5.41) is 16.4. The van der Waals surface area contributed by atoms with Crippen molar-refractivity contribution >= 4 is 0 Å². The monoisotopic (exact) mass is 333 g/mol. The summed E-state index contributed by atoms with van der Waals surface area (Å²) in [7, 11) is 0. The van der Waals surface area contributed by atoms with Crippen LogP contribution in [0.15, 0.2) is 53.3 Å². The molecule has 0 aliphatic rings. The number of hydrogen-bond donors (Lipinski definition) is 1. The highest BCUT2D eigenvalue weighted by Crippen LogP contribution is 2.23. The van der Waals surface area contributed by atoms with Gasteiger partial charge in [0.2, 0.25) is 11.7 Å². The van der Waals surface area contributed by atoms with Crippen molar-refractivity contribution in [3.63, 3.8) is 0 Å². The number of nitrogens with zero attached hydrogens (tertiary/aromatic N) is 4. The van der Waals surface area contributed by atoms with Gasteiger partial charge in [-0.1, -0.05) is 31.1 Å². The Kier molecular flexibility index (Phi) is 5.17. The van der Waals surface area contributed by atoms with Gasteiger partial charge in [-0.2, -0.15) is 10.2 Å². The van der Waals surface area contributed by atoms with Crippen LogP contribution < -0.4 is 5.32 Å². The van der Waals surface area contributed by atoms with Gasteiger partial charge in [-0.25, -0.2) is 0 Å². The van der Waals surface area contributed by atoms with Crippen molar-refractivity contribution in [3.05, 3.63) is 65.8 Å². The molecular weight excluding hydrogens is 314 g/mol.